The highest BCUT2D eigenvalue weighted by Gasteiger charge is 2.41. The first-order valence-corrected chi connectivity index (χ1v) is 10.7. The van der Waals surface area contributed by atoms with Crippen LogP contribution in [0.4, 0.5) is 0 Å². The molecule has 3 aromatic heterocycles. The molecule has 24 heavy (non-hydrogen) atoms. The van der Waals surface area contributed by atoms with Crippen LogP contribution in [0, 0.1) is 0 Å². The normalized spacial score (nSPS) is 16.4. The zero-order valence-electron chi connectivity index (χ0n) is 12.9. The molecule has 4 heterocycles. The Balaban J connectivity index is 1.46. The van der Waals surface area contributed by atoms with Crippen LogP contribution in [0.3, 0.4) is 0 Å². The lowest BCUT2D eigenvalue weighted by Crippen LogP contribution is -2.48. The lowest BCUT2D eigenvalue weighted by Gasteiger charge is -2.35. The largest absolute Gasteiger partial charge is 0.339 e. The fourth-order valence-corrected chi connectivity index (χ4v) is 6.13. The van der Waals surface area contributed by atoms with E-state index in [4.69, 9.17) is 4.52 Å². The molecule has 9 heteroatoms. The van der Waals surface area contributed by atoms with Gasteiger partial charge in [0.2, 0.25) is 11.7 Å². The van der Waals surface area contributed by atoms with E-state index in [9.17, 15) is 8.42 Å². The summed E-state index contributed by atoms with van der Waals surface area (Å²) in [6.45, 7) is 2.78. The summed E-state index contributed by atoms with van der Waals surface area (Å²) < 4.78 is 32.3. The second kappa shape index (κ2) is 6.07. The van der Waals surface area contributed by atoms with Gasteiger partial charge in [-0.1, -0.05) is 12.1 Å². The summed E-state index contributed by atoms with van der Waals surface area (Å²) in [5, 5.41) is 7.88. The second-order valence-corrected chi connectivity index (χ2v) is 9.67. The Morgan fingerprint density at radius 3 is 2.83 bits per heavy atom. The first kappa shape index (κ1) is 15.9. The molecule has 0 N–H and O–H groups in total. The Kier molecular flexibility index (Phi) is 4.03. The van der Waals surface area contributed by atoms with Crippen LogP contribution in [-0.4, -0.2) is 36.0 Å². The molecule has 0 aliphatic carbocycles. The topological polar surface area (TPSA) is 76.3 Å². The van der Waals surface area contributed by atoms with E-state index in [0.29, 0.717) is 29.0 Å². The van der Waals surface area contributed by atoms with Gasteiger partial charge in [-0.2, -0.15) is 20.6 Å². The van der Waals surface area contributed by atoms with Gasteiger partial charge in [0.1, 0.15) is 4.21 Å². The van der Waals surface area contributed by atoms with Crippen molar-refractivity contribution in [1.82, 2.24) is 14.4 Å². The Labute approximate surface area is 147 Å². The minimum absolute atomic E-state index is 0.0368. The molecule has 0 saturated carbocycles. The third kappa shape index (κ3) is 2.71. The van der Waals surface area contributed by atoms with E-state index in [0.717, 1.165) is 16.9 Å². The Hall–Kier alpha value is -1.55. The van der Waals surface area contributed by atoms with E-state index in [2.05, 4.69) is 10.1 Å². The van der Waals surface area contributed by atoms with Gasteiger partial charge < -0.3 is 4.52 Å². The molecule has 0 atom stereocenters. The molecule has 0 spiro atoms. The van der Waals surface area contributed by atoms with Crippen molar-refractivity contribution in [1.29, 1.82) is 0 Å². The van der Waals surface area contributed by atoms with Crippen molar-refractivity contribution in [3.05, 3.63) is 39.7 Å². The molecule has 1 saturated heterocycles. The van der Waals surface area contributed by atoms with Gasteiger partial charge in [-0.05, 0) is 30.0 Å². The van der Waals surface area contributed by atoms with Crippen LogP contribution < -0.4 is 0 Å². The molecule has 1 aliphatic rings. The van der Waals surface area contributed by atoms with Gasteiger partial charge in [0.15, 0.2) is 0 Å². The molecule has 1 fully saturated rings. The van der Waals surface area contributed by atoms with E-state index in [1.54, 1.807) is 17.4 Å². The lowest BCUT2D eigenvalue weighted by atomic mass is 10.0. The van der Waals surface area contributed by atoms with E-state index in [1.165, 1.54) is 15.6 Å². The van der Waals surface area contributed by atoms with Crippen molar-refractivity contribution in [3.8, 4) is 11.4 Å². The number of thiophene rings is 2. The number of aromatic nitrogens is 2. The van der Waals surface area contributed by atoms with Gasteiger partial charge in [-0.15, -0.1) is 11.3 Å². The molecule has 0 aromatic carbocycles. The standard InChI is InChI=1S/C15H15N3O3S3/c1-2-12-3-4-13(23-12)24(19,20)18-7-11(8-18)15-16-14(17-21-15)10-5-6-22-9-10/h3-6,9,11H,2,7-8H2,1H3. The zero-order valence-corrected chi connectivity index (χ0v) is 15.3. The average Bonchev–Trinajstić information content (AvgIpc) is 3.26. The Morgan fingerprint density at radius 2 is 2.17 bits per heavy atom. The fraction of sp³-hybridized carbons (Fsp3) is 0.333. The number of nitrogens with zero attached hydrogens (tertiary/aromatic N) is 3. The average molecular weight is 382 g/mol. The molecule has 1 aliphatic heterocycles. The highest BCUT2D eigenvalue weighted by Crippen LogP contribution is 2.34. The summed E-state index contributed by atoms with van der Waals surface area (Å²) in [6, 6.07) is 5.49. The third-order valence-electron chi connectivity index (χ3n) is 4.00. The van der Waals surface area contributed by atoms with Crippen LogP contribution in [0.15, 0.2) is 37.7 Å². The Morgan fingerprint density at radius 1 is 1.33 bits per heavy atom. The van der Waals surface area contributed by atoms with Crippen molar-refractivity contribution in [3.63, 3.8) is 0 Å². The van der Waals surface area contributed by atoms with Crippen LogP contribution in [0.25, 0.3) is 11.4 Å². The maximum atomic E-state index is 12.6. The van der Waals surface area contributed by atoms with Crippen LogP contribution in [0.5, 0.6) is 0 Å². The SMILES string of the molecule is CCc1ccc(S(=O)(=O)N2CC(c3nc(-c4ccsc4)no3)C2)s1. The van der Waals surface area contributed by atoms with Crippen LogP contribution >= 0.6 is 22.7 Å². The predicted molar refractivity (Wildman–Crippen MR) is 92.8 cm³/mol. The molecule has 0 bridgehead atoms. The molecular formula is C15H15N3O3S3. The van der Waals surface area contributed by atoms with Gasteiger partial charge in [0.05, 0.1) is 5.92 Å². The number of sulfonamides is 1. The highest BCUT2D eigenvalue weighted by molar-refractivity contribution is 7.91. The molecule has 6 nitrogen and oxygen atoms in total. The number of hydrogen-bond donors (Lipinski definition) is 0. The maximum absolute atomic E-state index is 12.6. The number of rotatable bonds is 5. The molecule has 0 unspecified atom stereocenters. The smallest absolute Gasteiger partial charge is 0.252 e. The highest BCUT2D eigenvalue weighted by atomic mass is 32.2. The quantitative estimate of drug-likeness (QED) is 0.678. The van der Waals surface area contributed by atoms with Crippen molar-refractivity contribution >= 4 is 32.7 Å². The number of aryl methyl sites for hydroxylation is 1. The summed E-state index contributed by atoms with van der Waals surface area (Å²) >= 11 is 2.91. The van der Waals surface area contributed by atoms with Crippen molar-refractivity contribution < 1.29 is 12.9 Å². The summed E-state index contributed by atoms with van der Waals surface area (Å²) in [5.74, 6) is 1.02. The fourth-order valence-electron chi connectivity index (χ4n) is 2.51. The maximum Gasteiger partial charge on any atom is 0.252 e. The molecule has 0 radical (unpaired) electrons. The molecule has 126 valence electrons. The van der Waals surface area contributed by atoms with Crippen molar-refractivity contribution in [2.24, 2.45) is 0 Å². The van der Waals surface area contributed by atoms with E-state index in [1.807, 2.05) is 29.8 Å². The Bertz CT molecular complexity index is 938. The number of hydrogen-bond acceptors (Lipinski definition) is 7. The minimum atomic E-state index is -3.41. The first-order valence-electron chi connectivity index (χ1n) is 7.53. The van der Waals surface area contributed by atoms with Gasteiger partial charge >= 0.3 is 0 Å². The predicted octanol–water partition coefficient (Wildman–Crippen LogP) is 3.21. The van der Waals surface area contributed by atoms with E-state index >= 15 is 0 Å². The van der Waals surface area contributed by atoms with Crippen molar-refractivity contribution in [2.75, 3.05) is 13.1 Å². The zero-order chi connectivity index (χ0) is 16.7. The van der Waals surface area contributed by atoms with E-state index in [-0.39, 0.29) is 5.92 Å². The molecule has 3 aromatic rings. The molecule has 0 amide bonds. The van der Waals surface area contributed by atoms with Gasteiger partial charge in [0, 0.05) is 28.9 Å². The summed E-state index contributed by atoms with van der Waals surface area (Å²) in [6.07, 6.45) is 0.843. The second-order valence-electron chi connectivity index (χ2n) is 5.56. The molecular weight excluding hydrogens is 366 g/mol. The van der Waals surface area contributed by atoms with Crippen LogP contribution in [0.1, 0.15) is 23.6 Å². The van der Waals surface area contributed by atoms with Gasteiger partial charge in [-0.25, -0.2) is 8.42 Å². The van der Waals surface area contributed by atoms with E-state index < -0.39 is 10.0 Å². The summed E-state index contributed by atoms with van der Waals surface area (Å²) in [4.78, 5) is 5.46. The minimum Gasteiger partial charge on any atom is -0.339 e. The summed E-state index contributed by atoms with van der Waals surface area (Å²) in [7, 11) is -3.41. The lowest BCUT2D eigenvalue weighted by molar-refractivity contribution is 0.217. The van der Waals surface area contributed by atoms with Gasteiger partial charge in [0.25, 0.3) is 10.0 Å². The van der Waals surface area contributed by atoms with Crippen molar-refractivity contribution in [2.45, 2.75) is 23.5 Å². The monoisotopic (exact) mass is 381 g/mol. The third-order valence-corrected chi connectivity index (χ3v) is 8.21. The van der Waals surface area contributed by atoms with Gasteiger partial charge in [-0.3, -0.25) is 0 Å². The van der Waals surface area contributed by atoms with Crippen LogP contribution in [-0.2, 0) is 16.4 Å². The first-order chi connectivity index (χ1) is 11.6. The molecule has 4 rings (SSSR count). The van der Waals surface area contributed by atoms with Crippen LogP contribution in [0.2, 0.25) is 0 Å². The summed E-state index contributed by atoms with van der Waals surface area (Å²) in [5.41, 5.74) is 0.921.